The van der Waals surface area contributed by atoms with Crippen LogP contribution in [0.2, 0.25) is 0 Å². The first-order valence-electron chi connectivity index (χ1n) is 7.04. The molecule has 1 unspecified atom stereocenters. The molecule has 0 saturated carbocycles. The Morgan fingerprint density at radius 1 is 1.23 bits per heavy atom. The molecule has 5 nitrogen and oxygen atoms in total. The van der Waals surface area contributed by atoms with Gasteiger partial charge in [-0.25, -0.2) is 8.42 Å². The molecule has 1 amide bonds. The van der Waals surface area contributed by atoms with Crippen molar-refractivity contribution in [1.82, 2.24) is 9.80 Å². The maximum atomic E-state index is 12.5. The van der Waals surface area contributed by atoms with E-state index in [0.717, 1.165) is 32.6 Å². The first-order chi connectivity index (χ1) is 10.4. The molecule has 2 aliphatic rings. The Balaban J connectivity index is 1.59. The number of hydrogen-bond acceptors (Lipinski definition) is 5. The van der Waals surface area contributed by atoms with Crippen molar-refractivity contribution in [2.24, 2.45) is 0 Å². The number of carbonyl (C=O) groups excluding carboxylic acids is 1. The minimum absolute atomic E-state index is 0.0510. The van der Waals surface area contributed by atoms with Crippen molar-refractivity contribution in [2.75, 3.05) is 37.7 Å². The highest BCUT2D eigenvalue weighted by Crippen LogP contribution is 2.33. The van der Waals surface area contributed by atoms with Gasteiger partial charge in [0.2, 0.25) is 0 Å². The van der Waals surface area contributed by atoms with Gasteiger partial charge < -0.3 is 4.90 Å². The molecule has 9 heteroatoms. The van der Waals surface area contributed by atoms with Gasteiger partial charge in [0.05, 0.1) is 20.2 Å². The third-order valence-corrected chi connectivity index (χ3v) is 9.18. The molecule has 0 aromatic carbocycles. The van der Waals surface area contributed by atoms with Crippen molar-refractivity contribution in [1.29, 1.82) is 0 Å². The highest BCUT2D eigenvalue weighted by Gasteiger charge is 2.34. The molecule has 1 atom stereocenters. The summed E-state index contributed by atoms with van der Waals surface area (Å²) in [5.74, 6) is 0.620. The number of carbonyl (C=O) groups is 1. The second-order valence-corrected chi connectivity index (χ2v) is 11.1. The molecule has 3 heterocycles. The monoisotopic (exact) mass is 470 g/mol. The fourth-order valence-electron chi connectivity index (χ4n) is 2.96. The highest BCUT2D eigenvalue weighted by atomic mass is 79.9. The number of amides is 1. The zero-order chi connectivity index (χ0) is 15.9. The zero-order valence-electron chi connectivity index (χ0n) is 11.8. The molecule has 22 heavy (non-hydrogen) atoms. The lowest BCUT2D eigenvalue weighted by Crippen LogP contribution is -2.52. The highest BCUT2D eigenvalue weighted by molar-refractivity contribution is 9.13. The lowest BCUT2D eigenvalue weighted by atomic mass is 10.2. The van der Waals surface area contributed by atoms with E-state index in [0.29, 0.717) is 18.8 Å². The van der Waals surface area contributed by atoms with Crippen molar-refractivity contribution in [3.05, 3.63) is 19.2 Å². The summed E-state index contributed by atoms with van der Waals surface area (Å²) in [6.45, 7) is 2.81. The van der Waals surface area contributed by atoms with E-state index in [2.05, 4.69) is 36.8 Å². The van der Waals surface area contributed by atoms with Crippen LogP contribution in [0, 0.1) is 0 Å². The summed E-state index contributed by atoms with van der Waals surface area (Å²) in [5.41, 5.74) is 0. The van der Waals surface area contributed by atoms with Gasteiger partial charge in [-0.3, -0.25) is 9.69 Å². The van der Waals surface area contributed by atoms with Crippen LogP contribution < -0.4 is 0 Å². The maximum absolute atomic E-state index is 12.5. The fraction of sp³-hybridized carbons (Fsp3) is 0.615. The lowest BCUT2D eigenvalue weighted by molar-refractivity contribution is 0.0592. The summed E-state index contributed by atoms with van der Waals surface area (Å²) in [7, 11) is -2.85. The van der Waals surface area contributed by atoms with Gasteiger partial charge in [0.15, 0.2) is 9.84 Å². The van der Waals surface area contributed by atoms with Crippen molar-refractivity contribution in [3.8, 4) is 0 Å². The summed E-state index contributed by atoms with van der Waals surface area (Å²) in [6, 6.07) is 1.97. The van der Waals surface area contributed by atoms with Crippen LogP contribution in [-0.2, 0) is 9.84 Å². The third kappa shape index (κ3) is 3.58. The summed E-state index contributed by atoms with van der Waals surface area (Å²) in [5, 5.41) is 0. The van der Waals surface area contributed by atoms with Crippen LogP contribution in [0.25, 0.3) is 0 Å². The number of piperazine rings is 1. The second kappa shape index (κ2) is 6.51. The van der Waals surface area contributed by atoms with Crippen molar-refractivity contribution < 1.29 is 13.2 Å². The Labute approximate surface area is 150 Å². The van der Waals surface area contributed by atoms with E-state index in [4.69, 9.17) is 0 Å². The van der Waals surface area contributed by atoms with Gasteiger partial charge in [0.1, 0.15) is 0 Å². The summed E-state index contributed by atoms with van der Waals surface area (Å²) < 4.78 is 25.0. The van der Waals surface area contributed by atoms with Gasteiger partial charge in [-0.15, -0.1) is 11.3 Å². The van der Waals surface area contributed by atoms with Gasteiger partial charge in [0.25, 0.3) is 5.91 Å². The van der Waals surface area contributed by atoms with Crippen molar-refractivity contribution in [3.63, 3.8) is 0 Å². The molecule has 0 spiro atoms. The first-order valence-corrected chi connectivity index (χ1v) is 11.3. The van der Waals surface area contributed by atoms with Gasteiger partial charge in [-0.2, -0.15) is 0 Å². The minimum atomic E-state index is -2.85. The maximum Gasteiger partial charge on any atom is 0.264 e. The van der Waals surface area contributed by atoms with E-state index in [1.165, 1.54) is 11.3 Å². The average Bonchev–Trinajstić information content (AvgIpc) is 3.01. The van der Waals surface area contributed by atoms with Crippen LogP contribution in [0.4, 0.5) is 0 Å². The van der Waals surface area contributed by atoms with Crippen LogP contribution >= 0.6 is 43.2 Å². The van der Waals surface area contributed by atoms with Crippen molar-refractivity contribution in [2.45, 2.75) is 12.5 Å². The van der Waals surface area contributed by atoms with E-state index >= 15 is 0 Å². The summed E-state index contributed by atoms with van der Waals surface area (Å²) >= 11 is 8.24. The zero-order valence-corrected chi connectivity index (χ0v) is 16.6. The molecule has 0 N–H and O–H groups in total. The molecular weight excluding hydrogens is 456 g/mol. The standard InChI is InChI=1S/C13H16Br2N2O3S2/c14-10-7-11(21-12(10)15)13(18)17-4-2-16(3-5-17)9-1-6-22(19,20)8-9/h7,9H,1-6,8H2. The minimum Gasteiger partial charge on any atom is -0.335 e. The molecule has 0 bridgehead atoms. The Morgan fingerprint density at radius 2 is 1.91 bits per heavy atom. The van der Waals surface area contributed by atoms with Crippen LogP contribution in [0.1, 0.15) is 16.1 Å². The van der Waals surface area contributed by atoms with Crippen molar-refractivity contribution >= 4 is 58.9 Å². The fourth-order valence-corrected chi connectivity index (χ4v) is 6.73. The second-order valence-electron chi connectivity index (χ2n) is 5.62. The molecule has 1 aromatic heterocycles. The van der Waals surface area contributed by atoms with Crippen LogP contribution in [0.3, 0.4) is 0 Å². The summed E-state index contributed by atoms with van der Waals surface area (Å²) in [4.78, 5) is 17.3. The predicted octanol–water partition coefficient (Wildman–Crippen LogP) is 2.22. The van der Waals surface area contributed by atoms with Gasteiger partial charge in [-0.05, 0) is 44.3 Å². The van der Waals surface area contributed by atoms with E-state index in [1.807, 2.05) is 11.0 Å². The van der Waals surface area contributed by atoms with E-state index in [9.17, 15) is 13.2 Å². The lowest BCUT2D eigenvalue weighted by Gasteiger charge is -2.37. The van der Waals surface area contributed by atoms with Crippen LogP contribution in [0.5, 0.6) is 0 Å². The molecule has 1 aromatic rings. The molecule has 3 rings (SSSR count). The topological polar surface area (TPSA) is 57.7 Å². The Kier molecular flexibility index (Phi) is 4.99. The molecule has 122 valence electrons. The van der Waals surface area contributed by atoms with Gasteiger partial charge in [0, 0.05) is 36.7 Å². The molecule has 0 aliphatic carbocycles. The third-order valence-electron chi connectivity index (χ3n) is 4.18. The number of sulfone groups is 1. The molecular formula is C13H16Br2N2O3S2. The van der Waals surface area contributed by atoms with Gasteiger partial charge in [-0.1, -0.05) is 0 Å². The SMILES string of the molecule is O=C(c1cc(Br)c(Br)s1)N1CCN(C2CCS(=O)(=O)C2)CC1. The number of hydrogen-bond donors (Lipinski definition) is 0. The Morgan fingerprint density at radius 3 is 2.41 bits per heavy atom. The largest absolute Gasteiger partial charge is 0.335 e. The number of halogens is 2. The van der Waals surface area contributed by atoms with E-state index in [1.54, 1.807) is 0 Å². The quantitative estimate of drug-likeness (QED) is 0.663. The molecule has 0 radical (unpaired) electrons. The molecule has 2 aliphatic heterocycles. The van der Waals surface area contributed by atoms with Gasteiger partial charge >= 0.3 is 0 Å². The number of rotatable bonds is 2. The normalized spacial score (nSPS) is 25.5. The average molecular weight is 472 g/mol. The van der Waals surface area contributed by atoms with E-state index < -0.39 is 9.84 Å². The number of thiophene rings is 1. The van der Waals surface area contributed by atoms with E-state index in [-0.39, 0.29) is 17.7 Å². The summed E-state index contributed by atoms with van der Waals surface area (Å²) in [6.07, 6.45) is 0.723. The Hall–Kier alpha value is 0.0400. The van der Waals surface area contributed by atoms with Crippen LogP contribution in [0.15, 0.2) is 14.3 Å². The Bertz CT molecular complexity index is 662. The smallest absolute Gasteiger partial charge is 0.264 e. The predicted molar refractivity (Wildman–Crippen MR) is 94.3 cm³/mol. The van der Waals surface area contributed by atoms with Crippen LogP contribution in [-0.4, -0.2) is 67.9 Å². The molecule has 2 fully saturated rings. The number of nitrogens with zero attached hydrogens (tertiary/aromatic N) is 2. The molecule has 2 saturated heterocycles. The first kappa shape index (κ1) is 16.9.